The summed E-state index contributed by atoms with van der Waals surface area (Å²) in [5.41, 5.74) is 3.11. The van der Waals surface area contributed by atoms with E-state index in [4.69, 9.17) is 4.74 Å². The second-order valence-corrected chi connectivity index (χ2v) is 6.07. The lowest BCUT2D eigenvalue weighted by Gasteiger charge is -2.30. The molecule has 1 heterocycles. The summed E-state index contributed by atoms with van der Waals surface area (Å²) < 4.78 is 17.8. The number of fused-ring (bicyclic) bond motifs is 1. The molecule has 1 amide bonds. The molecule has 0 bridgehead atoms. The third kappa shape index (κ3) is 3.71. The van der Waals surface area contributed by atoms with Crippen LogP contribution >= 0.6 is 0 Å². The number of hydrogen-bond acceptors (Lipinski definition) is 3. The number of ether oxygens (including phenoxy) is 1. The van der Waals surface area contributed by atoms with Gasteiger partial charge in [0.25, 0.3) is 0 Å². The third-order valence-electron chi connectivity index (χ3n) is 4.50. The van der Waals surface area contributed by atoms with Gasteiger partial charge < -0.3 is 9.64 Å². The van der Waals surface area contributed by atoms with Crippen LogP contribution in [0.1, 0.15) is 34.3 Å². The Morgan fingerprint density at radius 3 is 2.64 bits per heavy atom. The SMILES string of the molecule is COC(=O)c1cccc2c1CCCN2C(=O)CCc1ccc(F)cc1. The van der Waals surface area contributed by atoms with E-state index in [1.165, 1.54) is 19.2 Å². The number of carbonyl (C=O) groups excluding carboxylic acids is 2. The molecule has 4 nitrogen and oxygen atoms in total. The summed E-state index contributed by atoms with van der Waals surface area (Å²) in [6.45, 7) is 0.639. The van der Waals surface area contributed by atoms with Crippen LogP contribution in [0.25, 0.3) is 0 Å². The number of nitrogens with zero attached hydrogens (tertiary/aromatic N) is 1. The first-order chi connectivity index (χ1) is 12.1. The van der Waals surface area contributed by atoms with E-state index in [1.54, 1.807) is 29.2 Å². The Hall–Kier alpha value is -2.69. The maximum atomic E-state index is 13.0. The van der Waals surface area contributed by atoms with Crippen LogP contribution < -0.4 is 4.90 Å². The van der Waals surface area contributed by atoms with Crippen LogP contribution in [0.2, 0.25) is 0 Å². The van der Waals surface area contributed by atoms with Crippen molar-refractivity contribution >= 4 is 17.6 Å². The summed E-state index contributed by atoms with van der Waals surface area (Å²) in [6.07, 6.45) is 2.46. The van der Waals surface area contributed by atoms with Gasteiger partial charge in [-0.3, -0.25) is 4.79 Å². The molecule has 2 aromatic rings. The smallest absolute Gasteiger partial charge is 0.338 e. The lowest BCUT2D eigenvalue weighted by atomic mass is 9.95. The van der Waals surface area contributed by atoms with Gasteiger partial charge in [0.2, 0.25) is 5.91 Å². The Balaban J connectivity index is 1.77. The fourth-order valence-electron chi connectivity index (χ4n) is 3.22. The molecule has 0 unspecified atom stereocenters. The Morgan fingerprint density at radius 1 is 1.16 bits per heavy atom. The molecule has 0 aliphatic carbocycles. The van der Waals surface area contributed by atoms with E-state index < -0.39 is 0 Å². The topological polar surface area (TPSA) is 46.6 Å². The quantitative estimate of drug-likeness (QED) is 0.800. The fraction of sp³-hybridized carbons (Fsp3) is 0.300. The molecule has 2 aromatic carbocycles. The van der Waals surface area contributed by atoms with Crippen molar-refractivity contribution in [2.45, 2.75) is 25.7 Å². The first-order valence-electron chi connectivity index (χ1n) is 8.35. The normalized spacial score (nSPS) is 13.3. The molecule has 0 radical (unpaired) electrons. The molecule has 25 heavy (non-hydrogen) atoms. The Bertz CT molecular complexity index is 786. The predicted octanol–water partition coefficient (Wildman–Crippen LogP) is 3.52. The van der Waals surface area contributed by atoms with Crippen LogP contribution in [0.3, 0.4) is 0 Å². The molecule has 5 heteroatoms. The second-order valence-electron chi connectivity index (χ2n) is 6.07. The van der Waals surface area contributed by atoms with E-state index in [2.05, 4.69) is 0 Å². The molecule has 1 aliphatic rings. The number of amides is 1. The van der Waals surface area contributed by atoms with Gasteiger partial charge >= 0.3 is 5.97 Å². The summed E-state index contributed by atoms with van der Waals surface area (Å²) >= 11 is 0. The first-order valence-corrected chi connectivity index (χ1v) is 8.35. The number of benzene rings is 2. The molecule has 0 aromatic heterocycles. The molecule has 0 spiro atoms. The molecule has 130 valence electrons. The predicted molar refractivity (Wildman–Crippen MR) is 93.2 cm³/mol. The van der Waals surface area contributed by atoms with Crippen molar-refractivity contribution < 1.29 is 18.7 Å². The van der Waals surface area contributed by atoms with Gasteiger partial charge in [0.05, 0.1) is 12.7 Å². The lowest BCUT2D eigenvalue weighted by molar-refractivity contribution is -0.118. The molecule has 0 N–H and O–H groups in total. The molecule has 1 aliphatic heterocycles. The van der Waals surface area contributed by atoms with E-state index in [-0.39, 0.29) is 17.7 Å². The van der Waals surface area contributed by atoms with E-state index in [1.807, 2.05) is 6.07 Å². The highest BCUT2D eigenvalue weighted by atomic mass is 19.1. The highest BCUT2D eigenvalue weighted by Gasteiger charge is 2.26. The molecule has 3 rings (SSSR count). The van der Waals surface area contributed by atoms with E-state index in [9.17, 15) is 14.0 Å². The van der Waals surface area contributed by atoms with Crippen LogP contribution in [0.15, 0.2) is 42.5 Å². The summed E-state index contributed by atoms with van der Waals surface area (Å²) in [5, 5.41) is 0. The van der Waals surface area contributed by atoms with Gasteiger partial charge in [-0.15, -0.1) is 0 Å². The fourth-order valence-corrected chi connectivity index (χ4v) is 3.22. The van der Waals surface area contributed by atoms with Crippen LogP contribution in [-0.4, -0.2) is 25.5 Å². The summed E-state index contributed by atoms with van der Waals surface area (Å²) in [4.78, 5) is 26.4. The van der Waals surface area contributed by atoms with Crippen molar-refractivity contribution in [2.75, 3.05) is 18.6 Å². The van der Waals surface area contributed by atoms with Gasteiger partial charge in [-0.05, 0) is 54.7 Å². The third-order valence-corrected chi connectivity index (χ3v) is 4.50. The zero-order valence-electron chi connectivity index (χ0n) is 14.1. The second kappa shape index (κ2) is 7.47. The monoisotopic (exact) mass is 341 g/mol. The van der Waals surface area contributed by atoms with Crippen LogP contribution in [0.4, 0.5) is 10.1 Å². The van der Waals surface area contributed by atoms with Crippen LogP contribution in [0, 0.1) is 5.82 Å². The number of methoxy groups -OCH3 is 1. The molecule has 0 fully saturated rings. The largest absolute Gasteiger partial charge is 0.465 e. The Kier molecular flexibility index (Phi) is 5.12. The van der Waals surface area contributed by atoms with Crippen LogP contribution in [-0.2, 0) is 22.4 Å². The number of anilines is 1. The van der Waals surface area contributed by atoms with Gasteiger partial charge in [0, 0.05) is 18.7 Å². The van der Waals surface area contributed by atoms with Crippen molar-refractivity contribution in [1.82, 2.24) is 0 Å². The number of esters is 1. The minimum Gasteiger partial charge on any atom is -0.465 e. The van der Waals surface area contributed by atoms with Gasteiger partial charge in [0.15, 0.2) is 0 Å². The highest BCUT2D eigenvalue weighted by molar-refractivity contribution is 5.98. The average Bonchev–Trinajstić information content (AvgIpc) is 2.65. The minimum absolute atomic E-state index is 0.00675. The Labute approximate surface area is 146 Å². The highest BCUT2D eigenvalue weighted by Crippen LogP contribution is 2.31. The zero-order chi connectivity index (χ0) is 17.8. The summed E-state index contributed by atoms with van der Waals surface area (Å²) in [5.74, 6) is -0.653. The van der Waals surface area contributed by atoms with Crippen molar-refractivity contribution in [3.8, 4) is 0 Å². The van der Waals surface area contributed by atoms with Crippen molar-refractivity contribution in [1.29, 1.82) is 0 Å². The lowest BCUT2D eigenvalue weighted by Crippen LogP contribution is -2.36. The van der Waals surface area contributed by atoms with E-state index >= 15 is 0 Å². The Morgan fingerprint density at radius 2 is 1.92 bits per heavy atom. The van der Waals surface area contributed by atoms with Gasteiger partial charge in [-0.1, -0.05) is 18.2 Å². The average molecular weight is 341 g/mol. The van der Waals surface area contributed by atoms with Crippen LogP contribution in [0.5, 0.6) is 0 Å². The minimum atomic E-state index is -0.377. The standard InChI is InChI=1S/C20H20FNO3/c1-25-20(24)17-4-2-6-18-16(17)5-3-13-22(18)19(23)12-9-14-7-10-15(21)11-8-14/h2,4,6-8,10-11H,3,5,9,12-13H2,1H3. The number of rotatable bonds is 4. The molecular weight excluding hydrogens is 321 g/mol. The van der Waals surface area contributed by atoms with E-state index in [0.29, 0.717) is 24.9 Å². The van der Waals surface area contributed by atoms with Crippen molar-refractivity contribution in [3.63, 3.8) is 0 Å². The van der Waals surface area contributed by atoms with Gasteiger partial charge in [0.1, 0.15) is 5.82 Å². The first kappa shape index (κ1) is 17.1. The van der Waals surface area contributed by atoms with Crippen molar-refractivity contribution in [2.24, 2.45) is 0 Å². The molecular formula is C20H20FNO3. The summed E-state index contributed by atoms with van der Waals surface area (Å²) in [7, 11) is 1.36. The molecule has 0 saturated carbocycles. The number of hydrogen-bond donors (Lipinski definition) is 0. The number of aryl methyl sites for hydroxylation is 1. The summed E-state index contributed by atoms with van der Waals surface area (Å²) in [6, 6.07) is 11.6. The molecule has 0 saturated heterocycles. The zero-order valence-corrected chi connectivity index (χ0v) is 14.1. The van der Waals surface area contributed by atoms with Crippen molar-refractivity contribution in [3.05, 3.63) is 65.0 Å². The van der Waals surface area contributed by atoms with E-state index in [0.717, 1.165) is 29.7 Å². The number of halogens is 1. The maximum absolute atomic E-state index is 13.0. The molecule has 0 atom stereocenters. The van der Waals surface area contributed by atoms with Gasteiger partial charge in [-0.2, -0.15) is 0 Å². The van der Waals surface area contributed by atoms with Gasteiger partial charge in [-0.25, -0.2) is 9.18 Å². The number of carbonyl (C=O) groups is 2. The maximum Gasteiger partial charge on any atom is 0.338 e.